The zero-order chi connectivity index (χ0) is 39.7. The minimum Gasteiger partial charge on any atom is -0.493 e. The Kier molecular flexibility index (Phi) is 17.4. The number of pyridine rings is 1. The van der Waals surface area contributed by atoms with Gasteiger partial charge in [-0.15, -0.1) is 0 Å². The SMILES string of the molecule is COc1cc2c(Oc3ccc(NC(=O)C(=O)NCCc4ccccc4)cc3F)ccnc2cc1OCCCN1CCOCC1.O=P(O)(O)O.O=P(O)(O)O. The number of halogens is 1. The van der Waals surface area contributed by atoms with Gasteiger partial charge in [0.15, 0.2) is 23.1 Å². The van der Waals surface area contributed by atoms with Crippen molar-refractivity contribution < 1.29 is 71.4 Å². The topological polar surface area (TPSA) is 267 Å². The van der Waals surface area contributed by atoms with Crippen molar-refractivity contribution in [3.8, 4) is 23.0 Å². The van der Waals surface area contributed by atoms with Crippen LogP contribution in [0.4, 0.5) is 10.1 Å². The van der Waals surface area contributed by atoms with Crippen LogP contribution in [0.3, 0.4) is 0 Å². The minimum atomic E-state index is -4.64. The van der Waals surface area contributed by atoms with E-state index in [1.807, 2.05) is 30.3 Å². The van der Waals surface area contributed by atoms with Crippen LogP contribution in [0.25, 0.3) is 10.9 Å². The van der Waals surface area contributed by atoms with Crippen molar-refractivity contribution in [3.05, 3.63) is 84.3 Å². The van der Waals surface area contributed by atoms with Crippen LogP contribution in [0.15, 0.2) is 72.9 Å². The number of phosphoric acid groups is 2. The number of hydrogen-bond donors (Lipinski definition) is 8. The number of nitrogens with zero attached hydrogens (tertiary/aromatic N) is 2. The molecule has 294 valence electrons. The molecule has 0 spiro atoms. The van der Waals surface area contributed by atoms with E-state index in [4.69, 9.17) is 57.4 Å². The van der Waals surface area contributed by atoms with Crippen LogP contribution in [0.1, 0.15) is 12.0 Å². The summed E-state index contributed by atoms with van der Waals surface area (Å²) in [4.78, 5) is 74.4. The van der Waals surface area contributed by atoms with Gasteiger partial charge in [-0.05, 0) is 42.7 Å². The highest BCUT2D eigenvalue weighted by Crippen LogP contribution is 2.38. The predicted octanol–water partition coefficient (Wildman–Crippen LogP) is 2.72. The van der Waals surface area contributed by atoms with Gasteiger partial charge in [0, 0.05) is 55.6 Å². The third-order valence-corrected chi connectivity index (χ3v) is 7.12. The molecule has 3 aromatic carbocycles. The van der Waals surface area contributed by atoms with Crippen molar-refractivity contribution in [3.63, 3.8) is 0 Å². The number of fused-ring (bicyclic) bond motifs is 1. The fraction of sp³-hybridized carbons (Fsp3) is 0.303. The van der Waals surface area contributed by atoms with Gasteiger partial charge >= 0.3 is 27.5 Å². The van der Waals surface area contributed by atoms with E-state index in [2.05, 4.69) is 20.5 Å². The molecule has 18 nitrogen and oxygen atoms in total. The van der Waals surface area contributed by atoms with E-state index in [9.17, 15) is 9.59 Å². The molecule has 0 aliphatic carbocycles. The van der Waals surface area contributed by atoms with Gasteiger partial charge in [0.05, 0.1) is 32.4 Å². The average Bonchev–Trinajstić information content (AvgIpc) is 3.10. The van der Waals surface area contributed by atoms with E-state index >= 15 is 4.39 Å². The number of aromatic nitrogens is 1. The normalized spacial score (nSPS) is 13.0. The Balaban J connectivity index is 0.000000695. The zero-order valence-electron chi connectivity index (χ0n) is 28.9. The molecule has 21 heteroatoms. The summed E-state index contributed by atoms with van der Waals surface area (Å²) in [5, 5.41) is 5.59. The van der Waals surface area contributed by atoms with Crippen molar-refractivity contribution in [2.45, 2.75) is 12.8 Å². The number of benzene rings is 3. The molecule has 0 saturated carbocycles. The summed E-state index contributed by atoms with van der Waals surface area (Å²) in [7, 11) is -7.73. The van der Waals surface area contributed by atoms with E-state index < -0.39 is 33.3 Å². The Morgan fingerprint density at radius 3 is 2.17 bits per heavy atom. The molecule has 2 heterocycles. The Morgan fingerprint density at radius 1 is 0.870 bits per heavy atom. The summed E-state index contributed by atoms with van der Waals surface area (Å²) in [6, 6.07) is 18.7. The first kappa shape index (κ1) is 43.9. The maximum Gasteiger partial charge on any atom is 0.466 e. The standard InChI is InChI=1S/C33H35FN4O6.2H3O4P/c1-41-30-21-25-27(22-31(30)43-17-5-14-38-15-18-42-19-16-38)35-13-11-28(25)44-29-9-8-24(20-26(29)34)37-33(40)32(39)36-12-10-23-6-3-2-4-7-23;2*1-5(2,3)4/h2-4,6-9,11,13,20-22H,5,10,12,14-19H2,1H3,(H,36,39)(H,37,40);2*(H3,1,2,3,4). The van der Waals surface area contributed by atoms with Crippen LogP contribution in [-0.4, -0.2) is 104 Å². The lowest BCUT2D eigenvalue weighted by Gasteiger charge is -2.26. The van der Waals surface area contributed by atoms with E-state index in [1.165, 1.54) is 12.1 Å². The summed E-state index contributed by atoms with van der Waals surface area (Å²) in [6.07, 6.45) is 3.00. The molecular formula is C33H41FN4O14P2. The lowest BCUT2D eigenvalue weighted by molar-refractivity contribution is -0.136. The van der Waals surface area contributed by atoms with Gasteiger partial charge in [-0.3, -0.25) is 19.5 Å². The fourth-order valence-corrected chi connectivity index (χ4v) is 4.80. The van der Waals surface area contributed by atoms with E-state index in [0.29, 0.717) is 47.7 Å². The van der Waals surface area contributed by atoms with Gasteiger partial charge < -0.3 is 58.9 Å². The fourth-order valence-electron chi connectivity index (χ4n) is 4.80. The molecule has 1 aliphatic rings. The maximum atomic E-state index is 15.0. The monoisotopic (exact) mass is 798 g/mol. The van der Waals surface area contributed by atoms with E-state index in [-0.39, 0.29) is 11.4 Å². The van der Waals surface area contributed by atoms with Crippen molar-refractivity contribution in [1.82, 2.24) is 15.2 Å². The molecule has 1 aromatic heterocycles. The number of anilines is 1. The Morgan fingerprint density at radius 2 is 1.54 bits per heavy atom. The molecule has 0 radical (unpaired) electrons. The van der Waals surface area contributed by atoms with Crippen LogP contribution in [0.5, 0.6) is 23.0 Å². The number of hydrogen-bond acceptors (Lipinski definition) is 10. The van der Waals surface area contributed by atoms with E-state index in [0.717, 1.165) is 50.9 Å². The Bertz CT molecular complexity index is 1890. The summed E-state index contributed by atoms with van der Waals surface area (Å²) < 4.78 is 55.7. The summed E-state index contributed by atoms with van der Waals surface area (Å²) >= 11 is 0. The van der Waals surface area contributed by atoms with Crippen LogP contribution in [-0.2, 0) is 29.9 Å². The molecule has 0 bridgehead atoms. The molecule has 0 atom stereocenters. The number of methoxy groups -OCH3 is 1. The number of carbonyl (C=O) groups is 2. The molecule has 2 amide bonds. The quantitative estimate of drug-likeness (QED) is 0.0582. The first-order chi connectivity index (χ1) is 25.5. The van der Waals surface area contributed by atoms with Gasteiger partial charge in [0.25, 0.3) is 0 Å². The second-order valence-corrected chi connectivity index (χ2v) is 13.3. The Labute approximate surface area is 308 Å². The molecule has 1 aliphatic heterocycles. The highest BCUT2D eigenvalue weighted by molar-refractivity contribution is 7.45. The van der Waals surface area contributed by atoms with Gasteiger partial charge in [0.1, 0.15) is 5.75 Å². The van der Waals surface area contributed by atoms with Crippen LogP contribution in [0.2, 0.25) is 0 Å². The molecule has 8 N–H and O–H groups in total. The van der Waals surface area contributed by atoms with Crippen molar-refractivity contribution in [2.75, 3.05) is 58.4 Å². The molecule has 1 fully saturated rings. The highest BCUT2D eigenvalue weighted by atomic mass is 31.2. The van der Waals surface area contributed by atoms with Crippen LogP contribution in [0, 0.1) is 5.82 Å². The summed E-state index contributed by atoms with van der Waals surface area (Å²) in [5.41, 5.74) is 1.75. The second-order valence-electron chi connectivity index (χ2n) is 11.2. The number of ether oxygens (including phenoxy) is 4. The van der Waals surface area contributed by atoms with E-state index in [1.54, 1.807) is 31.5 Å². The Hall–Kier alpha value is -4.52. The third kappa shape index (κ3) is 17.1. The first-order valence-electron chi connectivity index (χ1n) is 16.1. The molecule has 54 heavy (non-hydrogen) atoms. The van der Waals surface area contributed by atoms with Gasteiger partial charge in [-0.1, -0.05) is 30.3 Å². The summed E-state index contributed by atoms with van der Waals surface area (Å²) in [6.45, 7) is 5.10. The zero-order valence-corrected chi connectivity index (χ0v) is 30.7. The number of amides is 2. The predicted molar refractivity (Wildman–Crippen MR) is 192 cm³/mol. The van der Waals surface area contributed by atoms with Crippen molar-refractivity contribution >= 4 is 44.1 Å². The third-order valence-electron chi connectivity index (χ3n) is 7.12. The smallest absolute Gasteiger partial charge is 0.466 e. The van der Waals surface area contributed by atoms with Gasteiger partial charge in [-0.2, -0.15) is 0 Å². The second kappa shape index (κ2) is 21.4. The largest absolute Gasteiger partial charge is 0.493 e. The molecule has 4 aromatic rings. The first-order valence-corrected chi connectivity index (χ1v) is 19.2. The molecule has 0 unspecified atom stereocenters. The van der Waals surface area contributed by atoms with Crippen LogP contribution >= 0.6 is 15.6 Å². The molecule has 5 rings (SSSR count). The lowest BCUT2D eigenvalue weighted by atomic mass is 10.1. The number of rotatable bonds is 12. The minimum absolute atomic E-state index is 0.0646. The number of morpholine rings is 1. The molecular weight excluding hydrogens is 757 g/mol. The van der Waals surface area contributed by atoms with Crippen molar-refractivity contribution in [2.24, 2.45) is 0 Å². The number of nitrogens with one attached hydrogen (secondary N) is 2. The lowest BCUT2D eigenvalue weighted by Crippen LogP contribution is -2.37. The maximum absolute atomic E-state index is 15.0. The number of carbonyl (C=O) groups excluding carboxylic acids is 2. The van der Waals surface area contributed by atoms with Gasteiger partial charge in [0.2, 0.25) is 0 Å². The van der Waals surface area contributed by atoms with Crippen LogP contribution < -0.4 is 24.8 Å². The molecule has 1 saturated heterocycles. The van der Waals surface area contributed by atoms with Gasteiger partial charge in [-0.25, -0.2) is 13.5 Å². The highest BCUT2D eigenvalue weighted by Gasteiger charge is 2.17. The summed E-state index contributed by atoms with van der Waals surface area (Å²) in [5.74, 6) is -1.06. The van der Waals surface area contributed by atoms with Crippen molar-refractivity contribution in [1.29, 1.82) is 0 Å². The average molecular weight is 799 g/mol.